The van der Waals surface area contributed by atoms with Crippen molar-refractivity contribution in [3.8, 4) is 5.88 Å². The highest BCUT2D eigenvalue weighted by Gasteiger charge is 2.03. The molecule has 1 unspecified atom stereocenters. The number of rotatable bonds is 7. The van der Waals surface area contributed by atoms with E-state index in [1.54, 1.807) is 0 Å². The van der Waals surface area contributed by atoms with Crippen molar-refractivity contribution in [2.45, 2.75) is 32.7 Å². The lowest BCUT2D eigenvalue weighted by Gasteiger charge is -2.14. The Morgan fingerprint density at radius 2 is 2.31 bits per heavy atom. The molecule has 1 aromatic rings. The molecule has 1 rings (SSSR count). The van der Waals surface area contributed by atoms with Gasteiger partial charge in [-0.1, -0.05) is 0 Å². The van der Waals surface area contributed by atoms with Crippen LogP contribution in [0.15, 0.2) is 12.4 Å². The lowest BCUT2D eigenvalue weighted by Crippen LogP contribution is -2.17. The standard InChI is InChI=1S/C11H20N4O/c1-3-16-11-7-10(13-8-14-11)15-9(2)5-4-6-12/h7-9H,3-6,12H2,1-2H3,(H,13,14,15). The van der Waals surface area contributed by atoms with Crippen LogP contribution in [-0.2, 0) is 0 Å². The Kier molecular flexibility index (Phi) is 5.56. The van der Waals surface area contributed by atoms with Crippen molar-refractivity contribution in [1.82, 2.24) is 9.97 Å². The zero-order valence-corrected chi connectivity index (χ0v) is 9.94. The van der Waals surface area contributed by atoms with Gasteiger partial charge in [0, 0.05) is 12.1 Å². The van der Waals surface area contributed by atoms with E-state index >= 15 is 0 Å². The van der Waals surface area contributed by atoms with Gasteiger partial charge in [0.1, 0.15) is 12.1 Å². The lowest BCUT2D eigenvalue weighted by atomic mass is 10.2. The number of hydrogen-bond donors (Lipinski definition) is 2. The molecule has 5 nitrogen and oxygen atoms in total. The smallest absolute Gasteiger partial charge is 0.218 e. The molecular weight excluding hydrogens is 204 g/mol. The highest BCUT2D eigenvalue weighted by molar-refractivity contribution is 5.37. The number of nitrogens with one attached hydrogen (secondary N) is 1. The second-order valence-electron chi connectivity index (χ2n) is 3.65. The first-order valence-electron chi connectivity index (χ1n) is 5.67. The van der Waals surface area contributed by atoms with E-state index < -0.39 is 0 Å². The quantitative estimate of drug-likeness (QED) is 0.732. The monoisotopic (exact) mass is 224 g/mol. The van der Waals surface area contributed by atoms with Crippen LogP contribution in [0.25, 0.3) is 0 Å². The SMILES string of the molecule is CCOc1cc(NC(C)CCCN)ncn1. The number of ether oxygens (including phenoxy) is 1. The van der Waals surface area contributed by atoms with E-state index in [9.17, 15) is 0 Å². The van der Waals surface area contributed by atoms with Gasteiger partial charge < -0.3 is 15.8 Å². The summed E-state index contributed by atoms with van der Waals surface area (Å²) in [4.78, 5) is 8.14. The molecule has 16 heavy (non-hydrogen) atoms. The minimum absolute atomic E-state index is 0.355. The predicted molar refractivity (Wildman–Crippen MR) is 64.6 cm³/mol. The molecule has 0 saturated carbocycles. The average Bonchev–Trinajstić information content (AvgIpc) is 2.27. The van der Waals surface area contributed by atoms with E-state index in [0.29, 0.717) is 18.5 Å². The maximum absolute atomic E-state index is 5.46. The lowest BCUT2D eigenvalue weighted by molar-refractivity contribution is 0.326. The third kappa shape index (κ3) is 4.44. The van der Waals surface area contributed by atoms with Gasteiger partial charge in [0.25, 0.3) is 0 Å². The second kappa shape index (κ2) is 7.00. The van der Waals surface area contributed by atoms with Gasteiger partial charge in [-0.25, -0.2) is 9.97 Å². The Morgan fingerprint density at radius 1 is 1.50 bits per heavy atom. The summed E-state index contributed by atoms with van der Waals surface area (Å²) in [5.41, 5.74) is 5.46. The fraction of sp³-hybridized carbons (Fsp3) is 0.636. The summed E-state index contributed by atoms with van der Waals surface area (Å²) in [5.74, 6) is 1.40. The molecule has 0 radical (unpaired) electrons. The summed E-state index contributed by atoms with van der Waals surface area (Å²) < 4.78 is 5.30. The molecule has 0 aliphatic heterocycles. The Balaban J connectivity index is 2.49. The summed E-state index contributed by atoms with van der Waals surface area (Å²) in [5, 5.41) is 3.29. The van der Waals surface area contributed by atoms with Crippen LogP contribution in [0.4, 0.5) is 5.82 Å². The third-order valence-electron chi connectivity index (χ3n) is 2.17. The van der Waals surface area contributed by atoms with Crippen molar-refractivity contribution in [3.05, 3.63) is 12.4 Å². The van der Waals surface area contributed by atoms with Crippen molar-refractivity contribution < 1.29 is 4.74 Å². The zero-order chi connectivity index (χ0) is 11.8. The van der Waals surface area contributed by atoms with Crippen LogP contribution in [0, 0.1) is 0 Å². The van der Waals surface area contributed by atoms with E-state index in [1.165, 1.54) is 6.33 Å². The molecule has 3 N–H and O–H groups in total. The predicted octanol–water partition coefficient (Wildman–Crippen LogP) is 1.41. The fourth-order valence-electron chi connectivity index (χ4n) is 1.39. The Hall–Kier alpha value is -1.36. The highest BCUT2D eigenvalue weighted by Crippen LogP contribution is 2.12. The number of aromatic nitrogens is 2. The number of nitrogens with zero attached hydrogens (tertiary/aromatic N) is 2. The van der Waals surface area contributed by atoms with E-state index in [-0.39, 0.29) is 0 Å². The molecule has 1 heterocycles. The van der Waals surface area contributed by atoms with Crippen molar-refractivity contribution >= 4 is 5.82 Å². The van der Waals surface area contributed by atoms with Gasteiger partial charge in [0.05, 0.1) is 6.61 Å². The zero-order valence-electron chi connectivity index (χ0n) is 9.94. The maximum atomic E-state index is 5.46. The molecule has 0 spiro atoms. The van der Waals surface area contributed by atoms with E-state index in [0.717, 1.165) is 25.2 Å². The Bertz CT molecular complexity index is 306. The van der Waals surface area contributed by atoms with Crippen molar-refractivity contribution in [2.24, 2.45) is 5.73 Å². The highest BCUT2D eigenvalue weighted by atomic mass is 16.5. The summed E-state index contributed by atoms with van der Waals surface area (Å²) in [6, 6.07) is 2.16. The minimum Gasteiger partial charge on any atom is -0.478 e. The van der Waals surface area contributed by atoms with Crippen LogP contribution in [0.2, 0.25) is 0 Å². The van der Waals surface area contributed by atoms with Crippen molar-refractivity contribution in [3.63, 3.8) is 0 Å². The van der Waals surface area contributed by atoms with Gasteiger partial charge in [-0.3, -0.25) is 0 Å². The first kappa shape index (κ1) is 12.7. The summed E-state index contributed by atoms with van der Waals surface area (Å²) in [6.45, 7) is 5.37. The fourth-order valence-corrected chi connectivity index (χ4v) is 1.39. The normalized spacial score (nSPS) is 12.2. The van der Waals surface area contributed by atoms with E-state index in [1.807, 2.05) is 13.0 Å². The summed E-state index contributed by atoms with van der Waals surface area (Å²) >= 11 is 0. The van der Waals surface area contributed by atoms with Gasteiger partial charge in [0.2, 0.25) is 5.88 Å². The van der Waals surface area contributed by atoms with Gasteiger partial charge in [0.15, 0.2) is 0 Å². The molecule has 90 valence electrons. The van der Waals surface area contributed by atoms with E-state index in [4.69, 9.17) is 10.5 Å². The molecule has 0 amide bonds. The van der Waals surface area contributed by atoms with Gasteiger partial charge >= 0.3 is 0 Å². The minimum atomic E-state index is 0.355. The molecule has 0 saturated heterocycles. The average molecular weight is 224 g/mol. The topological polar surface area (TPSA) is 73.1 Å². The third-order valence-corrected chi connectivity index (χ3v) is 2.17. The largest absolute Gasteiger partial charge is 0.478 e. The molecule has 1 atom stereocenters. The van der Waals surface area contributed by atoms with Crippen LogP contribution < -0.4 is 15.8 Å². The van der Waals surface area contributed by atoms with Crippen LogP contribution in [-0.4, -0.2) is 29.2 Å². The Labute approximate surface area is 96.4 Å². The maximum Gasteiger partial charge on any atom is 0.218 e. The first-order valence-corrected chi connectivity index (χ1v) is 5.67. The molecule has 5 heteroatoms. The van der Waals surface area contributed by atoms with Crippen LogP contribution in [0.3, 0.4) is 0 Å². The van der Waals surface area contributed by atoms with Gasteiger partial charge in [-0.05, 0) is 33.2 Å². The summed E-state index contributed by atoms with van der Waals surface area (Å²) in [6.07, 6.45) is 3.55. The van der Waals surface area contributed by atoms with E-state index in [2.05, 4.69) is 22.2 Å². The summed E-state index contributed by atoms with van der Waals surface area (Å²) in [7, 11) is 0. The second-order valence-corrected chi connectivity index (χ2v) is 3.65. The van der Waals surface area contributed by atoms with Crippen LogP contribution in [0.5, 0.6) is 5.88 Å². The van der Waals surface area contributed by atoms with Gasteiger partial charge in [-0.15, -0.1) is 0 Å². The molecular formula is C11H20N4O. The molecule has 0 aliphatic carbocycles. The number of hydrogen-bond acceptors (Lipinski definition) is 5. The van der Waals surface area contributed by atoms with Crippen LogP contribution >= 0.6 is 0 Å². The molecule has 0 bridgehead atoms. The molecule has 1 aromatic heterocycles. The van der Waals surface area contributed by atoms with Crippen molar-refractivity contribution in [2.75, 3.05) is 18.5 Å². The molecule has 0 fully saturated rings. The first-order chi connectivity index (χ1) is 7.76. The van der Waals surface area contributed by atoms with Gasteiger partial charge in [-0.2, -0.15) is 0 Å². The Morgan fingerprint density at radius 3 is 3.00 bits per heavy atom. The van der Waals surface area contributed by atoms with Crippen molar-refractivity contribution in [1.29, 1.82) is 0 Å². The molecule has 0 aliphatic rings. The molecule has 0 aromatic carbocycles. The number of anilines is 1. The number of nitrogens with two attached hydrogens (primary N) is 1. The van der Waals surface area contributed by atoms with Crippen LogP contribution in [0.1, 0.15) is 26.7 Å².